The Morgan fingerprint density at radius 3 is 2.88 bits per heavy atom. The van der Waals surface area contributed by atoms with Gasteiger partial charge in [0.15, 0.2) is 22.9 Å². The van der Waals surface area contributed by atoms with Crippen LogP contribution in [0, 0.1) is 5.92 Å². The number of fused-ring (bicyclic) bond motifs is 2. The third-order valence-corrected chi connectivity index (χ3v) is 4.80. The zero-order chi connectivity index (χ0) is 18.2. The van der Waals surface area contributed by atoms with E-state index in [-0.39, 0.29) is 30.8 Å². The van der Waals surface area contributed by atoms with Crippen molar-refractivity contribution in [1.29, 1.82) is 0 Å². The summed E-state index contributed by atoms with van der Waals surface area (Å²) >= 11 is 0. The molecular weight excluding hydrogens is 328 g/mol. The molecule has 2 bridgehead atoms. The van der Waals surface area contributed by atoms with Crippen molar-refractivity contribution in [2.24, 2.45) is 5.92 Å². The van der Waals surface area contributed by atoms with Crippen LogP contribution in [0.5, 0.6) is 11.5 Å². The van der Waals surface area contributed by atoms with Crippen LogP contribution in [0.25, 0.3) is 6.08 Å². The summed E-state index contributed by atoms with van der Waals surface area (Å²) in [4.78, 5) is 23.8. The minimum Gasteiger partial charge on any atom is -0.504 e. The topological polar surface area (TPSA) is 113 Å². The van der Waals surface area contributed by atoms with Crippen LogP contribution in [-0.4, -0.2) is 52.0 Å². The van der Waals surface area contributed by atoms with E-state index in [1.807, 2.05) is 0 Å². The van der Waals surface area contributed by atoms with Crippen LogP contribution in [-0.2, 0) is 14.3 Å². The van der Waals surface area contributed by atoms with Gasteiger partial charge in [-0.15, -0.1) is 0 Å². The van der Waals surface area contributed by atoms with Crippen LogP contribution in [0.3, 0.4) is 0 Å². The lowest BCUT2D eigenvalue weighted by Crippen LogP contribution is -2.46. The molecule has 4 unspecified atom stereocenters. The van der Waals surface area contributed by atoms with Gasteiger partial charge in [0.1, 0.15) is 6.10 Å². The molecule has 2 aliphatic rings. The number of phenols is 1. The Bertz CT molecular complexity index is 726. The van der Waals surface area contributed by atoms with Gasteiger partial charge in [-0.3, -0.25) is 4.79 Å². The molecule has 7 heteroatoms. The van der Waals surface area contributed by atoms with E-state index in [9.17, 15) is 24.9 Å². The van der Waals surface area contributed by atoms with Crippen molar-refractivity contribution < 1.29 is 34.4 Å². The molecule has 1 aromatic carbocycles. The average molecular weight is 348 g/mol. The number of phenolic OH excluding ortho intramolecular Hbond substituents is 1. The predicted octanol–water partition coefficient (Wildman–Crippen LogP) is 0.801. The molecule has 0 amide bonds. The lowest BCUT2D eigenvalue weighted by atomic mass is 9.75. The molecule has 3 rings (SSSR count). The Hall–Kier alpha value is -2.38. The summed E-state index contributed by atoms with van der Waals surface area (Å²) in [6, 6.07) is 4.75. The summed E-state index contributed by atoms with van der Waals surface area (Å²) in [6.45, 7) is 0. The van der Waals surface area contributed by atoms with Crippen LogP contribution in [0.1, 0.15) is 24.8 Å². The van der Waals surface area contributed by atoms with Crippen molar-refractivity contribution in [1.82, 2.24) is 0 Å². The van der Waals surface area contributed by atoms with Gasteiger partial charge in [0.05, 0.1) is 13.2 Å². The Morgan fingerprint density at radius 1 is 1.44 bits per heavy atom. The number of carbonyl (C=O) groups excluding carboxylic acids is 2. The van der Waals surface area contributed by atoms with E-state index in [0.717, 1.165) is 0 Å². The summed E-state index contributed by atoms with van der Waals surface area (Å²) in [5.74, 6) is -1.20. The van der Waals surface area contributed by atoms with Gasteiger partial charge in [-0.25, -0.2) is 4.79 Å². The number of aromatic hydroxyl groups is 1. The number of aliphatic hydroxyl groups is 2. The van der Waals surface area contributed by atoms with E-state index in [4.69, 9.17) is 9.47 Å². The molecule has 3 N–H and O–H groups in total. The highest BCUT2D eigenvalue weighted by molar-refractivity contribution is 5.94. The Morgan fingerprint density at radius 2 is 2.20 bits per heavy atom. The first kappa shape index (κ1) is 17.4. The number of aliphatic hydroxyl groups excluding tert-OH is 1. The molecule has 1 saturated carbocycles. The van der Waals surface area contributed by atoms with Crippen molar-refractivity contribution in [2.45, 2.75) is 37.1 Å². The smallest absolute Gasteiger partial charge is 0.338 e. The summed E-state index contributed by atoms with van der Waals surface area (Å²) < 4.78 is 10.1. The summed E-state index contributed by atoms with van der Waals surface area (Å²) in [5, 5.41) is 29.9. The molecule has 1 aromatic rings. The van der Waals surface area contributed by atoms with E-state index < -0.39 is 29.7 Å². The number of benzene rings is 1. The highest BCUT2D eigenvalue weighted by Gasteiger charge is 2.57. The van der Waals surface area contributed by atoms with Crippen LogP contribution >= 0.6 is 0 Å². The zero-order valence-electron chi connectivity index (χ0n) is 13.7. The van der Waals surface area contributed by atoms with Gasteiger partial charge in [-0.2, -0.15) is 0 Å². The largest absolute Gasteiger partial charge is 0.504 e. The molecule has 2 fully saturated rings. The van der Waals surface area contributed by atoms with E-state index in [2.05, 4.69) is 0 Å². The van der Waals surface area contributed by atoms with Gasteiger partial charge in [0.2, 0.25) is 0 Å². The monoisotopic (exact) mass is 348 g/mol. The van der Waals surface area contributed by atoms with Crippen LogP contribution in [0.4, 0.5) is 0 Å². The number of rotatable bonds is 5. The fraction of sp³-hybridized carbons (Fsp3) is 0.444. The van der Waals surface area contributed by atoms with Crippen LogP contribution < -0.4 is 4.74 Å². The maximum atomic E-state index is 12.2. The first-order valence-electron chi connectivity index (χ1n) is 8.02. The highest BCUT2D eigenvalue weighted by Crippen LogP contribution is 2.42. The SMILES string of the molecule is COc1ccc(/C=C/C(=O)CC2C(O)CC3(O)CC2OC3=O)cc1O. The quantitative estimate of drug-likeness (QED) is 0.533. The number of ether oxygens (including phenoxy) is 2. The number of hydrogen-bond acceptors (Lipinski definition) is 7. The van der Waals surface area contributed by atoms with Crippen molar-refractivity contribution >= 4 is 17.8 Å². The number of carbonyl (C=O) groups is 2. The Balaban J connectivity index is 1.64. The number of allylic oxidation sites excluding steroid dienone is 1. The van der Waals surface area contributed by atoms with Gasteiger partial charge in [-0.05, 0) is 23.8 Å². The molecule has 1 saturated heterocycles. The number of ketones is 1. The van der Waals surface area contributed by atoms with Gasteiger partial charge in [0.25, 0.3) is 0 Å². The molecule has 0 spiro atoms. The molecule has 7 nitrogen and oxygen atoms in total. The van der Waals surface area contributed by atoms with Gasteiger partial charge >= 0.3 is 5.97 Å². The molecule has 0 aromatic heterocycles. The maximum absolute atomic E-state index is 12.2. The Kier molecular flexibility index (Phi) is 4.53. The maximum Gasteiger partial charge on any atom is 0.338 e. The van der Waals surface area contributed by atoms with E-state index in [1.165, 1.54) is 19.3 Å². The van der Waals surface area contributed by atoms with Crippen molar-refractivity contribution in [2.75, 3.05) is 7.11 Å². The zero-order valence-corrected chi connectivity index (χ0v) is 13.7. The third kappa shape index (κ3) is 3.38. The Labute approximate surface area is 144 Å². The average Bonchev–Trinajstić information content (AvgIpc) is 2.80. The molecule has 1 aliphatic heterocycles. The first-order valence-corrected chi connectivity index (χ1v) is 8.02. The first-order chi connectivity index (χ1) is 11.8. The normalized spacial score (nSPS) is 31.2. The minimum atomic E-state index is -1.62. The lowest BCUT2D eigenvalue weighted by molar-refractivity contribution is -0.154. The molecule has 25 heavy (non-hydrogen) atoms. The van der Waals surface area contributed by atoms with Crippen molar-refractivity contribution in [3.63, 3.8) is 0 Å². The van der Waals surface area contributed by atoms with Gasteiger partial charge < -0.3 is 24.8 Å². The fourth-order valence-electron chi connectivity index (χ4n) is 3.42. The molecular formula is C18H20O7. The van der Waals surface area contributed by atoms with Crippen LogP contribution in [0.15, 0.2) is 24.3 Å². The van der Waals surface area contributed by atoms with Crippen molar-refractivity contribution in [3.05, 3.63) is 29.8 Å². The molecule has 1 aliphatic carbocycles. The minimum absolute atomic E-state index is 0.00777. The second-order valence-electron chi connectivity index (χ2n) is 6.55. The summed E-state index contributed by atoms with van der Waals surface area (Å²) in [6.07, 6.45) is 1.28. The number of hydrogen-bond donors (Lipinski definition) is 3. The molecule has 134 valence electrons. The summed E-state index contributed by atoms with van der Waals surface area (Å²) in [5.41, 5.74) is -1.00. The standard InChI is InChI=1S/C18H20O7/c1-24-15-5-3-10(6-13(15)20)2-4-11(19)7-12-14(21)8-18(23)9-16(12)25-17(18)22/h2-6,12,14,16,20-21,23H,7-9H2,1H3/b4-2+. The second kappa shape index (κ2) is 6.50. The predicted molar refractivity (Wildman–Crippen MR) is 86.9 cm³/mol. The number of esters is 1. The molecule has 0 radical (unpaired) electrons. The summed E-state index contributed by atoms with van der Waals surface area (Å²) in [7, 11) is 1.44. The number of methoxy groups -OCH3 is 1. The van der Waals surface area contributed by atoms with Gasteiger partial charge in [-0.1, -0.05) is 12.1 Å². The van der Waals surface area contributed by atoms with Crippen molar-refractivity contribution in [3.8, 4) is 11.5 Å². The molecule has 1 heterocycles. The lowest BCUT2D eigenvalue weighted by Gasteiger charge is -2.33. The fourth-order valence-corrected chi connectivity index (χ4v) is 3.42. The van der Waals surface area contributed by atoms with E-state index >= 15 is 0 Å². The van der Waals surface area contributed by atoms with Gasteiger partial charge in [0, 0.05) is 25.2 Å². The molecule has 4 atom stereocenters. The second-order valence-corrected chi connectivity index (χ2v) is 6.55. The highest BCUT2D eigenvalue weighted by atomic mass is 16.6. The third-order valence-electron chi connectivity index (χ3n) is 4.80. The van der Waals surface area contributed by atoms with E-state index in [1.54, 1.807) is 18.2 Å². The van der Waals surface area contributed by atoms with Crippen LogP contribution in [0.2, 0.25) is 0 Å². The van der Waals surface area contributed by atoms with E-state index in [0.29, 0.717) is 11.3 Å².